The Bertz CT molecular complexity index is 917. The molecule has 1 aromatic carbocycles. The number of nitrogens with one attached hydrogen (secondary N) is 1. The smallest absolute Gasteiger partial charge is 0.336 e. The summed E-state index contributed by atoms with van der Waals surface area (Å²) in [6.07, 6.45) is 1.70. The summed E-state index contributed by atoms with van der Waals surface area (Å²) in [6.45, 7) is 7.22. The van der Waals surface area contributed by atoms with Crippen LogP contribution in [0.4, 0.5) is 0 Å². The molecule has 1 amide bonds. The second kappa shape index (κ2) is 9.39. The van der Waals surface area contributed by atoms with Gasteiger partial charge in [0.15, 0.2) is 6.10 Å². The Morgan fingerprint density at radius 3 is 2.61 bits per heavy atom. The monoisotopic (exact) mass is 389 g/mol. The predicted molar refractivity (Wildman–Crippen MR) is 106 cm³/mol. The number of ether oxygens (including phenoxy) is 1. The molecule has 0 fully saturated rings. The van der Waals surface area contributed by atoms with Gasteiger partial charge in [0, 0.05) is 17.0 Å². The van der Waals surface area contributed by atoms with E-state index in [1.807, 2.05) is 13.8 Å². The van der Waals surface area contributed by atoms with E-state index in [9.17, 15) is 19.5 Å². The lowest BCUT2D eigenvalue weighted by molar-refractivity contribution is -0.143. The van der Waals surface area contributed by atoms with Crippen molar-refractivity contribution in [1.29, 1.82) is 0 Å². The zero-order valence-corrected chi connectivity index (χ0v) is 16.7. The van der Waals surface area contributed by atoms with Crippen molar-refractivity contribution in [3.63, 3.8) is 0 Å². The molecule has 28 heavy (non-hydrogen) atoms. The predicted octanol–water partition coefficient (Wildman–Crippen LogP) is 3.19. The molecule has 7 heteroatoms. The molecule has 2 atom stereocenters. The maximum Gasteiger partial charge on any atom is 0.336 e. The number of aryl methyl sites for hydroxylation is 2. The molecule has 0 aliphatic heterocycles. The van der Waals surface area contributed by atoms with E-state index < -0.39 is 29.6 Å². The Morgan fingerprint density at radius 2 is 2.00 bits per heavy atom. The molecule has 0 spiro atoms. The van der Waals surface area contributed by atoms with Gasteiger partial charge in [0.05, 0.1) is 0 Å². The average molecular weight is 389 g/mol. The minimum Gasteiger partial charge on any atom is -0.480 e. The molecule has 2 unspecified atom stereocenters. The van der Waals surface area contributed by atoms with Gasteiger partial charge in [0.2, 0.25) is 0 Å². The number of carbonyl (C=O) groups is 2. The van der Waals surface area contributed by atoms with Crippen LogP contribution in [0.3, 0.4) is 0 Å². The van der Waals surface area contributed by atoms with Gasteiger partial charge in [-0.1, -0.05) is 26.7 Å². The van der Waals surface area contributed by atoms with Crippen LogP contribution in [-0.4, -0.2) is 29.1 Å². The minimum absolute atomic E-state index is 0.365. The van der Waals surface area contributed by atoms with Gasteiger partial charge < -0.3 is 19.6 Å². The molecule has 0 aliphatic rings. The van der Waals surface area contributed by atoms with Crippen LogP contribution >= 0.6 is 0 Å². The number of hydrogen-bond donors (Lipinski definition) is 2. The third-order valence-corrected chi connectivity index (χ3v) is 4.71. The van der Waals surface area contributed by atoms with Crippen molar-refractivity contribution in [3.8, 4) is 5.75 Å². The number of carbonyl (C=O) groups excluding carboxylic acids is 1. The van der Waals surface area contributed by atoms with Crippen LogP contribution in [0.1, 0.15) is 51.2 Å². The number of hydrogen-bond acceptors (Lipinski definition) is 5. The average Bonchev–Trinajstić information content (AvgIpc) is 2.66. The summed E-state index contributed by atoms with van der Waals surface area (Å²) in [5, 5.41) is 12.6. The highest BCUT2D eigenvalue weighted by Crippen LogP contribution is 2.29. The summed E-state index contributed by atoms with van der Waals surface area (Å²) in [7, 11) is 0. The number of fused-ring (bicyclic) bond motifs is 1. The van der Waals surface area contributed by atoms with Crippen LogP contribution in [0.15, 0.2) is 27.4 Å². The van der Waals surface area contributed by atoms with Crippen molar-refractivity contribution in [2.75, 3.05) is 0 Å². The first kappa shape index (κ1) is 21.5. The van der Waals surface area contributed by atoms with Crippen molar-refractivity contribution in [3.05, 3.63) is 39.7 Å². The normalized spacial score (nSPS) is 13.1. The first-order valence-electron chi connectivity index (χ1n) is 9.54. The molecule has 1 heterocycles. The molecule has 0 bridgehead atoms. The van der Waals surface area contributed by atoms with E-state index in [0.717, 1.165) is 17.4 Å². The SMILES string of the molecule is CCCCC(NC(=O)C(C)Oc1ccc2c(CC)cc(=O)oc2c1C)C(=O)O. The Balaban J connectivity index is 2.21. The van der Waals surface area contributed by atoms with E-state index in [1.54, 1.807) is 26.0 Å². The van der Waals surface area contributed by atoms with Crippen LogP contribution in [0.2, 0.25) is 0 Å². The lowest BCUT2D eigenvalue weighted by Crippen LogP contribution is -2.46. The van der Waals surface area contributed by atoms with Gasteiger partial charge in [0.25, 0.3) is 5.91 Å². The second-order valence-electron chi connectivity index (χ2n) is 6.81. The van der Waals surface area contributed by atoms with E-state index in [4.69, 9.17) is 9.15 Å². The number of amides is 1. The summed E-state index contributed by atoms with van der Waals surface area (Å²) >= 11 is 0. The quantitative estimate of drug-likeness (QED) is 0.638. The molecular formula is C21H27NO6. The molecule has 2 N–H and O–H groups in total. The number of rotatable bonds is 9. The molecule has 0 saturated carbocycles. The van der Waals surface area contributed by atoms with Crippen LogP contribution in [0, 0.1) is 6.92 Å². The molecule has 7 nitrogen and oxygen atoms in total. The van der Waals surface area contributed by atoms with Gasteiger partial charge in [0.1, 0.15) is 17.4 Å². The molecule has 2 aromatic rings. The standard InChI is InChI=1S/C21H27NO6/c1-5-7-8-16(21(25)26)22-20(24)13(4)27-17-10-9-15-14(6-2)11-18(23)28-19(15)12(17)3/h9-11,13,16H,5-8H2,1-4H3,(H,22,24)(H,25,26). The highest BCUT2D eigenvalue weighted by atomic mass is 16.5. The number of aliphatic carboxylic acids is 1. The summed E-state index contributed by atoms with van der Waals surface area (Å²) in [5.74, 6) is -1.16. The summed E-state index contributed by atoms with van der Waals surface area (Å²) in [4.78, 5) is 35.5. The first-order valence-corrected chi connectivity index (χ1v) is 9.54. The molecule has 0 aliphatic carbocycles. The fourth-order valence-corrected chi connectivity index (χ4v) is 3.03. The lowest BCUT2D eigenvalue weighted by Gasteiger charge is -2.20. The largest absolute Gasteiger partial charge is 0.480 e. The Kier molecular flexibility index (Phi) is 7.20. The van der Waals surface area contributed by atoms with E-state index >= 15 is 0 Å². The molecule has 0 radical (unpaired) electrons. The highest BCUT2D eigenvalue weighted by molar-refractivity contribution is 5.87. The maximum atomic E-state index is 12.4. The molecular weight excluding hydrogens is 362 g/mol. The second-order valence-corrected chi connectivity index (χ2v) is 6.81. The van der Waals surface area contributed by atoms with E-state index in [1.165, 1.54) is 6.07 Å². The van der Waals surface area contributed by atoms with Gasteiger partial charge in [-0.25, -0.2) is 9.59 Å². The van der Waals surface area contributed by atoms with Crippen LogP contribution in [-0.2, 0) is 16.0 Å². The van der Waals surface area contributed by atoms with E-state index in [0.29, 0.717) is 36.2 Å². The third kappa shape index (κ3) is 4.91. The summed E-state index contributed by atoms with van der Waals surface area (Å²) < 4.78 is 11.1. The highest BCUT2D eigenvalue weighted by Gasteiger charge is 2.24. The summed E-state index contributed by atoms with van der Waals surface area (Å²) in [5.41, 5.74) is 1.49. The number of unbranched alkanes of at least 4 members (excludes halogenated alkanes) is 1. The number of carboxylic acids is 1. The van der Waals surface area contributed by atoms with Gasteiger partial charge in [-0.15, -0.1) is 0 Å². The molecule has 152 valence electrons. The van der Waals surface area contributed by atoms with Gasteiger partial charge in [-0.05, 0) is 44.4 Å². The van der Waals surface area contributed by atoms with E-state index in [2.05, 4.69) is 5.32 Å². The number of carboxylic acid groups (broad SMARTS) is 1. The Hall–Kier alpha value is -2.83. The van der Waals surface area contributed by atoms with Crippen molar-refractivity contribution >= 4 is 22.8 Å². The molecule has 2 rings (SSSR count). The zero-order chi connectivity index (χ0) is 20.8. The van der Waals surface area contributed by atoms with Crippen molar-refractivity contribution in [2.24, 2.45) is 0 Å². The number of benzene rings is 1. The molecule has 1 aromatic heterocycles. The first-order chi connectivity index (χ1) is 13.3. The minimum atomic E-state index is -1.07. The topological polar surface area (TPSA) is 106 Å². The maximum absolute atomic E-state index is 12.4. The lowest BCUT2D eigenvalue weighted by atomic mass is 10.0. The fourth-order valence-electron chi connectivity index (χ4n) is 3.03. The van der Waals surface area contributed by atoms with E-state index in [-0.39, 0.29) is 0 Å². The van der Waals surface area contributed by atoms with Crippen molar-refractivity contribution < 1.29 is 23.8 Å². The van der Waals surface area contributed by atoms with Crippen LogP contribution < -0.4 is 15.7 Å². The molecule has 0 saturated heterocycles. The third-order valence-electron chi connectivity index (χ3n) is 4.71. The van der Waals surface area contributed by atoms with Gasteiger partial charge in [-0.3, -0.25) is 4.79 Å². The Morgan fingerprint density at radius 1 is 1.29 bits per heavy atom. The Labute approximate surface area is 163 Å². The summed E-state index contributed by atoms with van der Waals surface area (Å²) in [6, 6.07) is 4.06. The van der Waals surface area contributed by atoms with Crippen LogP contribution in [0.25, 0.3) is 11.0 Å². The zero-order valence-electron chi connectivity index (χ0n) is 16.7. The fraction of sp³-hybridized carbons (Fsp3) is 0.476. The van der Waals surface area contributed by atoms with Crippen molar-refractivity contribution in [2.45, 2.75) is 65.5 Å². The van der Waals surface area contributed by atoms with Crippen molar-refractivity contribution in [1.82, 2.24) is 5.32 Å². The van der Waals surface area contributed by atoms with Crippen LogP contribution in [0.5, 0.6) is 5.75 Å². The van der Waals surface area contributed by atoms with Gasteiger partial charge >= 0.3 is 11.6 Å². The van der Waals surface area contributed by atoms with Gasteiger partial charge in [-0.2, -0.15) is 0 Å².